The zero-order valence-corrected chi connectivity index (χ0v) is 17.9. The van der Waals surface area contributed by atoms with E-state index in [1.54, 1.807) is 18.4 Å². The summed E-state index contributed by atoms with van der Waals surface area (Å²) < 4.78 is 5.78. The number of benzene rings is 1. The third kappa shape index (κ3) is 5.12. The summed E-state index contributed by atoms with van der Waals surface area (Å²) in [7, 11) is 1.72. The Morgan fingerprint density at radius 2 is 2.07 bits per heavy atom. The minimum atomic E-state index is -0.198. The number of hydrogen-bond acceptors (Lipinski definition) is 3. The number of carbonyl (C=O) groups excluding carboxylic acids is 1. The highest BCUT2D eigenvalue weighted by atomic mass is 32.1. The third-order valence-corrected chi connectivity index (χ3v) is 6.84. The monoisotopic (exact) mass is 397 g/mol. The molecule has 1 amide bonds. The second-order valence-electron chi connectivity index (χ2n) is 7.73. The van der Waals surface area contributed by atoms with Crippen LogP contribution in [0.1, 0.15) is 48.2 Å². The van der Waals surface area contributed by atoms with Gasteiger partial charge in [-0.15, -0.1) is 11.3 Å². The van der Waals surface area contributed by atoms with E-state index >= 15 is 0 Å². The molecule has 1 aromatic carbocycles. The molecular formula is C24H31NO2S. The van der Waals surface area contributed by atoms with Gasteiger partial charge in [-0.05, 0) is 55.2 Å². The van der Waals surface area contributed by atoms with E-state index in [4.69, 9.17) is 4.74 Å². The number of hydrogen-bond donors (Lipinski definition) is 1. The minimum absolute atomic E-state index is 0.0169. The first-order chi connectivity index (χ1) is 13.6. The number of ether oxygens (including phenoxy) is 1. The fraction of sp³-hybridized carbons (Fsp3) is 0.458. The van der Waals surface area contributed by atoms with Crippen molar-refractivity contribution in [3.63, 3.8) is 0 Å². The van der Waals surface area contributed by atoms with Crippen molar-refractivity contribution in [2.24, 2.45) is 11.8 Å². The molecule has 0 aliphatic heterocycles. The van der Waals surface area contributed by atoms with E-state index in [1.807, 2.05) is 13.0 Å². The Hall–Kier alpha value is -1.91. The Kier molecular flexibility index (Phi) is 7.46. The lowest BCUT2D eigenvalue weighted by atomic mass is 9.84. The summed E-state index contributed by atoms with van der Waals surface area (Å²) in [6.45, 7) is 4.11. The molecular weight excluding hydrogens is 366 g/mol. The molecule has 1 aliphatic carbocycles. The highest BCUT2D eigenvalue weighted by Gasteiger charge is 2.32. The van der Waals surface area contributed by atoms with E-state index in [0.717, 1.165) is 19.3 Å². The molecule has 0 spiro atoms. The summed E-state index contributed by atoms with van der Waals surface area (Å²) in [4.78, 5) is 14.4. The molecule has 2 aromatic rings. The predicted molar refractivity (Wildman–Crippen MR) is 117 cm³/mol. The Morgan fingerprint density at radius 1 is 1.29 bits per heavy atom. The first-order valence-corrected chi connectivity index (χ1v) is 11.1. The molecule has 1 aromatic heterocycles. The number of thiophene rings is 1. The van der Waals surface area contributed by atoms with Gasteiger partial charge in [0.1, 0.15) is 0 Å². The highest BCUT2D eigenvalue weighted by molar-refractivity contribution is 7.10. The number of amides is 1. The molecule has 4 unspecified atom stereocenters. The number of methoxy groups -OCH3 is 1. The fourth-order valence-corrected chi connectivity index (χ4v) is 5.09. The van der Waals surface area contributed by atoms with E-state index in [-0.39, 0.29) is 24.0 Å². The smallest absolute Gasteiger partial charge is 0.225 e. The van der Waals surface area contributed by atoms with E-state index in [1.165, 1.54) is 22.4 Å². The van der Waals surface area contributed by atoms with E-state index in [2.05, 4.69) is 60.1 Å². The standard InChI is InChI=1S/C24H31NO2S/c1-17-14-15-28-23(17)21(16-19-10-6-4-7-11-19)25-24(26)18(2)22(27-3)20-12-8-5-9-13-20/h4,6-8,10-12,14-15,18,20-22H,5,9,13,16H2,1-3H3,(H,25,26). The lowest BCUT2D eigenvalue weighted by Crippen LogP contribution is -2.42. The van der Waals surface area contributed by atoms with Gasteiger partial charge in [-0.1, -0.05) is 49.4 Å². The Morgan fingerprint density at radius 3 is 2.68 bits per heavy atom. The molecule has 150 valence electrons. The molecule has 1 heterocycles. The average molecular weight is 398 g/mol. The van der Waals surface area contributed by atoms with Crippen molar-refractivity contribution in [3.8, 4) is 0 Å². The summed E-state index contributed by atoms with van der Waals surface area (Å²) in [5.41, 5.74) is 2.46. The number of aryl methyl sites for hydroxylation is 1. The predicted octanol–water partition coefficient (Wildman–Crippen LogP) is 5.46. The van der Waals surface area contributed by atoms with Crippen molar-refractivity contribution in [2.45, 2.75) is 51.7 Å². The molecule has 3 rings (SSSR count). The first kappa shape index (κ1) is 20.8. The molecule has 4 heteroatoms. The van der Waals surface area contributed by atoms with Gasteiger partial charge in [0.05, 0.1) is 18.1 Å². The Bertz CT molecular complexity index is 783. The summed E-state index contributed by atoms with van der Waals surface area (Å²) in [6, 6.07) is 12.5. The number of carbonyl (C=O) groups is 1. The van der Waals surface area contributed by atoms with Gasteiger partial charge in [0, 0.05) is 17.9 Å². The van der Waals surface area contributed by atoms with Crippen LogP contribution in [0.15, 0.2) is 53.9 Å². The molecule has 4 atom stereocenters. The number of rotatable bonds is 8. The lowest BCUT2D eigenvalue weighted by Gasteiger charge is -2.31. The quantitative estimate of drug-likeness (QED) is 0.600. The summed E-state index contributed by atoms with van der Waals surface area (Å²) in [6.07, 6.45) is 8.54. The Labute approximate surface area is 172 Å². The van der Waals surface area contributed by atoms with Crippen LogP contribution in [0.4, 0.5) is 0 Å². The number of nitrogens with one attached hydrogen (secondary N) is 1. The van der Waals surface area contributed by atoms with Crippen molar-refractivity contribution in [3.05, 3.63) is 69.9 Å². The van der Waals surface area contributed by atoms with Crippen LogP contribution < -0.4 is 5.32 Å². The molecule has 0 bridgehead atoms. The number of allylic oxidation sites excluding steroid dienone is 1. The molecule has 3 nitrogen and oxygen atoms in total. The summed E-state index contributed by atoms with van der Waals surface area (Å²) in [5.74, 6) is 0.186. The van der Waals surface area contributed by atoms with Crippen LogP contribution in [0.3, 0.4) is 0 Å². The maximum Gasteiger partial charge on any atom is 0.225 e. The van der Waals surface area contributed by atoms with Gasteiger partial charge in [-0.25, -0.2) is 0 Å². The van der Waals surface area contributed by atoms with Crippen LogP contribution in [0.2, 0.25) is 0 Å². The van der Waals surface area contributed by atoms with Gasteiger partial charge >= 0.3 is 0 Å². The molecule has 1 aliphatic rings. The van der Waals surface area contributed by atoms with Gasteiger partial charge in [-0.3, -0.25) is 4.79 Å². The Balaban J connectivity index is 1.75. The van der Waals surface area contributed by atoms with Crippen molar-refractivity contribution < 1.29 is 9.53 Å². The largest absolute Gasteiger partial charge is 0.380 e. The summed E-state index contributed by atoms with van der Waals surface area (Å²) in [5, 5.41) is 5.43. The van der Waals surface area contributed by atoms with Crippen LogP contribution in [0.5, 0.6) is 0 Å². The zero-order valence-electron chi connectivity index (χ0n) is 17.1. The van der Waals surface area contributed by atoms with Gasteiger partial charge in [0.25, 0.3) is 0 Å². The summed E-state index contributed by atoms with van der Waals surface area (Å²) >= 11 is 1.72. The highest BCUT2D eigenvalue weighted by Crippen LogP contribution is 2.30. The van der Waals surface area contributed by atoms with Crippen LogP contribution in [0.25, 0.3) is 0 Å². The molecule has 0 saturated heterocycles. The molecule has 1 N–H and O–H groups in total. The van der Waals surface area contributed by atoms with Crippen molar-refractivity contribution in [1.82, 2.24) is 5.32 Å². The van der Waals surface area contributed by atoms with Crippen LogP contribution in [0, 0.1) is 18.8 Å². The third-order valence-electron chi connectivity index (χ3n) is 5.71. The topological polar surface area (TPSA) is 38.3 Å². The van der Waals surface area contributed by atoms with Gasteiger partial charge in [0.2, 0.25) is 5.91 Å². The SMILES string of the molecule is COC(C1C=CCCC1)C(C)C(=O)NC(Cc1ccccc1)c1sccc1C. The second kappa shape index (κ2) is 10.0. The normalized spacial score (nSPS) is 19.8. The van der Waals surface area contributed by atoms with Crippen LogP contribution >= 0.6 is 11.3 Å². The van der Waals surface area contributed by atoms with Crippen LogP contribution in [-0.2, 0) is 16.0 Å². The first-order valence-electron chi connectivity index (χ1n) is 10.2. The minimum Gasteiger partial charge on any atom is -0.380 e. The van der Waals surface area contributed by atoms with Crippen LogP contribution in [-0.4, -0.2) is 19.1 Å². The van der Waals surface area contributed by atoms with E-state index in [9.17, 15) is 4.79 Å². The molecule has 0 radical (unpaired) electrons. The van der Waals surface area contributed by atoms with Crippen molar-refractivity contribution >= 4 is 17.2 Å². The zero-order chi connectivity index (χ0) is 19.9. The van der Waals surface area contributed by atoms with Crippen molar-refractivity contribution in [1.29, 1.82) is 0 Å². The van der Waals surface area contributed by atoms with Crippen molar-refractivity contribution in [2.75, 3.05) is 7.11 Å². The lowest BCUT2D eigenvalue weighted by molar-refractivity contribution is -0.130. The van der Waals surface area contributed by atoms with E-state index in [0.29, 0.717) is 5.92 Å². The average Bonchev–Trinajstić information content (AvgIpc) is 3.15. The molecule has 0 saturated carbocycles. The second-order valence-corrected chi connectivity index (χ2v) is 8.68. The maximum absolute atomic E-state index is 13.2. The molecule has 0 fully saturated rings. The fourth-order valence-electron chi connectivity index (χ4n) is 4.11. The van der Waals surface area contributed by atoms with Gasteiger partial charge in [0.15, 0.2) is 0 Å². The van der Waals surface area contributed by atoms with Gasteiger partial charge < -0.3 is 10.1 Å². The molecule has 28 heavy (non-hydrogen) atoms. The maximum atomic E-state index is 13.2. The van der Waals surface area contributed by atoms with E-state index < -0.39 is 0 Å². The van der Waals surface area contributed by atoms with Gasteiger partial charge in [-0.2, -0.15) is 0 Å².